The summed E-state index contributed by atoms with van der Waals surface area (Å²) < 4.78 is 5.61. The third-order valence-electron chi connectivity index (χ3n) is 6.48. The molecule has 1 aromatic rings. The van der Waals surface area contributed by atoms with Crippen LogP contribution in [0.15, 0.2) is 30.3 Å². The van der Waals surface area contributed by atoms with Crippen molar-refractivity contribution in [3.8, 4) is 0 Å². The first kappa shape index (κ1) is 22.1. The number of carbonyl (C=O) groups excluding carboxylic acids is 2. The van der Waals surface area contributed by atoms with E-state index in [0.717, 1.165) is 58.4 Å². The van der Waals surface area contributed by atoms with Crippen LogP contribution in [0.1, 0.15) is 31.2 Å². The van der Waals surface area contributed by atoms with Crippen molar-refractivity contribution in [2.24, 2.45) is 5.41 Å². The first-order valence-corrected chi connectivity index (χ1v) is 10.6. The molecular weight excluding hydrogens is 390 g/mol. The van der Waals surface area contributed by atoms with Gasteiger partial charge in [-0.1, -0.05) is 30.3 Å². The van der Waals surface area contributed by atoms with Gasteiger partial charge < -0.3 is 19.9 Å². The fraction of sp³-hybridized carbons (Fsp3) is 0.636. The molecule has 3 saturated heterocycles. The predicted molar refractivity (Wildman–Crippen MR) is 114 cm³/mol. The van der Waals surface area contributed by atoms with Crippen LogP contribution in [-0.4, -0.2) is 73.6 Å². The molecule has 0 aromatic heterocycles. The van der Waals surface area contributed by atoms with Crippen LogP contribution >= 0.6 is 12.4 Å². The Morgan fingerprint density at radius 2 is 1.97 bits per heavy atom. The number of hydrogen-bond acceptors (Lipinski definition) is 4. The summed E-state index contributed by atoms with van der Waals surface area (Å²) in [5, 5.41) is 3.22. The number of benzene rings is 1. The zero-order chi connectivity index (χ0) is 19.4. The number of piperidine rings is 1. The average Bonchev–Trinajstić information content (AvgIpc) is 3.04. The van der Waals surface area contributed by atoms with Crippen LogP contribution in [0.3, 0.4) is 0 Å². The fourth-order valence-electron chi connectivity index (χ4n) is 4.77. The summed E-state index contributed by atoms with van der Waals surface area (Å²) in [6, 6.07) is 10.5. The fourth-order valence-corrected chi connectivity index (χ4v) is 4.77. The summed E-state index contributed by atoms with van der Waals surface area (Å²) in [6.07, 6.45) is 4.14. The van der Waals surface area contributed by atoms with Gasteiger partial charge >= 0.3 is 0 Å². The number of carbonyl (C=O) groups is 2. The molecule has 1 aromatic carbocycles. The van der Waals surface area contributed by atoms with Gasteiger partial charge in [-0.15, -0.1) is 12.4 Å². The molecule has 1 atom stereocenters. The molecule has 7 heteroatoms. The molecule has 0 radical (unpaired) electrons. The average molecular weight is 422 g/mol. The summed E-state index contributed by atoms with van der Waals surface area (Å²) in [6.45, 7) is 5.18. The van der Waals surface area contributed by atoms with E-state index in [9.17, 15) is 9.59 Å². The lowest BCUT2D eigenvalue weighted by atomic mass is 9.77. The Morgan fingerprint density at radius 1 is 1.21 bits per heavy atom. The van der Waals surface area contributed by atoms with Gasteiger partial charge in [0.2, 0.25) is 5.91 Å². The normalized spacial score (nSPS) is 23.9. The third kappa shape index (κ3) is 5.30. The van der Waals surface area contributed by atoms with Crippen LogP contribution in [0.2, 0.25) is 0 Å². The van der Waals surface area contributed by atoms with E-state index in [2.05, 4.69) is 34.5 Å². The van der Waals surface area contributed by atoms with Crippen molar-refractivity contribution in [3.05, 3.63) is 35.9 Å². The number of rotatable bonds is 5. The molecule has 3 aliphatic rings. The van der Waals surface area contributed by atoms with E-state index in [1.165, 1.54) is 5.56 Å². The minimum Gasteiger partial charge on any atom is -0.366 e. The Hall–Kier alpha value is -1.63. The van der Waals surface area contributed by atoms with Gasteiger partial charge in [0.15, 0.2) is 0 Å². The van der Waals surface area contributed by atoms with Gasteiger partial charge in [0, 0.05) is 51.1 Å². The van der Waals surface area contributed by atoms with E-state index < -0.39 is 0 Å². The van der Waals surface area contributed by atoms with Crippen molar-refractivity contribution in [2.45, 2.75) is 38.2 Å². The second kappa shape index (κ2) is 9.92. The second-order valence-electron chi connectivity index (χ2n) is 8.47. The Labute approximate surface area is 179 Å². The lowest BCUT2D eigenvalue weighted by Gasteiger charge is -2.40. The minimum absolute atomic E-state index is 0. The van der Waals surface area contributed by atoms with Crippen LogP contribution in [0.25, 0.3) is 0 Å². The van der Waals surface area contributed by atoms with E-state index in [4.69, 9.17) is 4.74 Å². The van der Waals surface area contributed by atoms with Gasteiger partial charge in [0.05, 0.1) is 6.61 Å². The van der Waals surface area contributed by atoms with Crippen molar-refractivity contribution in [1.29, 1.82) is 0 Å². The van der Waals surface area contributed by atoms with Crippen LogP contribution in [0.4, 0.5) is 0 Å². The number of aryl methyl sites for hydroxylation is 1. The lowest BCUT2D eigenvalue weighted by molar-refractivity contribution is -0.147. The first-order chi connectivity index (χ1) is 13.7. The third-order valence-corrected chi connectivity index (χ3v) is 6.48. The van der Waals surface area contributed by atoms with E-state index >= 15 is 0 Å². The zero-order valence-electron chi connectivity index (χ0n) is 17.0. The van der Waals surface area contributed by atoms with Crippen molar-refractivity contribution in [1.82, 2.24) is 15.1 Å². The molecule has 1 spiro atoms. The SMILES string of the molecule is Cl.O=C1CC2(CCN(C(=O)C3CNCCO3)CC2)CN1CCCc1ccccc1. The molecule has 0 aliphatic carbocycles. The number of nitrogens with one attached hydrogen (secondary N) is 1. The molecule has 6 nitrogen and oxygen atoms in total. The maximum absolute atomic E-state index is 12.6. The van der Waals surface area contributed by atoms with E-state index in [1.54, 1.807) is 0 Å². The quantitative estimate of drug-likeness (QED) is 0.788. The molecule has 160 valence electrons. The highest BCUT2D eigenvalue weighted by atomic mass is 35.5. The number of morpholine rings is 1. The lowest BCUT2D eigenvalue weighted by Crippen LogP contribution is -2.52. The second-order valence-corrected chi connectivity index (χ2v) is 8.47. The van der Waals surface area contributed by atoms with Crippen LogP contribution in [0.5, 0.6) is 0 Å². The number of halogens is 1. The molecule has 0 saturated carbocycles. The van der Waals surface area contributed by atoms with Crippen LogP contribution in [0, 0.1) is 5.41 Å². The number of amides is 2. The Bertz CT molecular complexity index is 686. The summed E-state index contributed by atoms with van der Waals surface area (Å²) in [7, 11) is 0. The highest BCUT2D eigenvalue weighted by Crippen LogP contribution is 2.41. The number of likely N-dealkylation sites (tertiary alicyclic amines) is 2. The van der Waals surface area contributed by atoms with Crippen molar-refractivity contribution in [3.63, 3.8) is 0 Å². The molecule has 1 unspecified atom stereocenters. The smallest absolute Gasteiger partial charge is 0.253 e. The number of ether oxygens (including phenoxy) is 1. The monoisotopic (exact) mass is 421 g/mol. The van der Waals surface area contributed by atoms with E-state index in [1.807, 2.05) is 11.0 Å². The maximum Gasteiger partial charge on any atom is 0.253 e. The van der Waals surface area contributed by atoms with E-state index in [-0.39, 0.29) is 35.7 Å². The highest BCUT2D eigenvalue weighted by molar-refractivity contribution is 5.85. The van der Waals surface area contributed by atoms with Crippen molar-refractivity contribution >= 4 is 24.2 Å². The largest absolute Gasteiger partial charge is 0.366 e. The zero-order valence-corrected chi connectivity index (χ0v) is 17.8. The summed E-state index contributed by atoms with van der Waals surface area (Å²) >= 11 is 0. The van der Waals surface area contributed by atoms with Crippen molar-refractivity contribution in [2.75, 3.05) is 45.9 Å². The van der Waals surface area contributed by atoms with Crippen molar-refractivity contribution < 1.29 is 14.3 Å². The maximum atomic E-state index is 12.6. The van der Waals surface area contributed by atoms with Gasteiger partial charge in [0.25, 0.3) is 5.91 Å². The molecule has 29 heavy (non-hydrogen) atoms. The molecule has 3 aliphatic heterocycles. The summed E-state index contributed by atoms with van der Waals surface area (Å²) in [5.74, 6) is 0.388. The molecular formula is C22H32ClN3O3. The first-order valence-electron chi connectivity index (χ1n) is 10.6. The number of hydrogen-bond donors (Lipinski definition) is 1. The Morgan fingerprint density at radius 3 is 2.66 bits per heavy atom. The van der Waals surface area contributed by atoms with Gasteiger partial charge in [-0.2, -0.15) is 0 Å². The molecule has 1 N–H and O–H groups in total. The van der Waals surface area contributed by atoms with Gasteiger partial charge in [-0.05, 0) is 31.2 Å². The highest BCUT2D eigenvalue weighted by Gasteiger charge is 2.45. The topological polar surface area (TPSA) is 61.9 Å². The van der Waals surface area contributed by atoms with Crippen LogP contribution < -0.4 is 5.32 Å². The van der Waals surface area contributed by atoms with Gasteiger partial charge in [-0.25, -0.2) is 0 Å². The summed E-state index contributed by atoms with van der Waals surface area (Å²) in [5.41, 5.74) is 1.39. The Balaban J connectivity index is 0.00000240. The molecule has 3 fully saturated rings. The minimum atomic E-state index is -0.345. The molecule has 3 heterocycles. The molecule has 4 rings (SSSR count). The van der Waals surface area contributed by atoms with Gasteiger partial charge in [0.1, 0.15) is 6.10 Å². The number of nitrogens with zero attached hydrogens (tertiary/aromatic N) is 2. The molecule has 2 amide bonds. The van der Waals surface area contributed by atoms with Crippen LogP contribution in [-0.2, 0) is 20.7 Å². The predicted octanol–water partition coefficient (Wildman–Crippen LogP) is 1.87. The molecule has 0 bridgehead atoms. The van der Waals surface area contributed by atoms with E-state index in [0.29, 0.717) is 19.6 Å². The summed E-state index contributed by atoms with van der Waals surface area (Å²) in [4.78, 5) is 29.2. The Kier molecular flexibility index (Phi) is 7.55. The van der Waals surface area contributed by atoms with Gasteiger partial charge in [-0.3, -0.25) is 9.59 Å². The standard InChI is InChI=1S/C22H31N3O3.ClH/c26-20-15-22(17-25(20)11-4-7-18-5-2-1-3-6-18)8-12-24(13-9-22)21(27)19-16-23-10-14-28-19;/h1-3,5-6,19,23H,4,7-17H2;1H.